The number of amides is 1. The van der Waals surface area contributed by atoms with Crippen molar-refractivity contribution in [2.24, 2.45) is 5.73 Å². The zero-order valence-corrected chi connectivity index (χ0v) is 16.1. The van der Waals surface area contributed by atoms with Crippen LogP contribution in [0.5, 0.6) is 0 Å². The van der Waals surface area contributed by atoms with E-state index in [1.54, 1.807) is 32.0 Å². The van der Waals surface area contributed by atoms with E-state index < -0.39 is 27.0 Å². The highest BCUT2D eigenvalue weighted by Crippen LogP contribution is 2.29. The topological polar surface area (TPSA) is 121 Å². The van der Waals surface area contributed by atoms with E-state index in [0.29, 0.717) is 22.2 Å². The molecule has 0 bridgehead atoms. The third kappa shape index (κ3) is 3.48. The summed E-state index contributed by atoms with van der Waals surface area (Å²) in [6, 6.07) is 10.4. The van der Waals surface area contributed by atoms with Gasteiger partial charge in [-0.15, -0.1) is 0 Å². The lowest BCUT2D eigenvalue weighted by Gasteiger charge is -2.12. The standard InChI is InChI=1S/C19H19FN4O3S/c1-11(2)28(26,27)24-17-9-13(5-8-16(17)23-19(24)22)15(10-18(21)25)12-3-6-14(20)7-4-12/h3-11H,1-2H3,(H2,21,25)(H2,22,23). The van der Waals surface area contributed by atoms with Gasteiger partial charge in [-0.05, 0) is 54.8 Å². The van der Waals surface area contributed by atoms with Gasteiger partial charge in [-0.1, -0.05) is 18.2 Å². The minimum absolute atomic E-state index is 0.150. The largest absolute Gasteiger partial charge is 0.368 e. The molecule has 0 aliphatic carbocycles. The van der Waals surface area contributed by atoms with Crippen LogP contribution in [0.1, 0.15) is 25.0 Å². The van der Waals surface area contributed by atoms with Gasteiger partial charge in [-0.3, -0.25) is 4.79 Å². The molecule has 9 heteroatoms. The quantitative estimate of drug-likeness (QED) is 0.634. The normalized spacial score (nSPS) is 12.6. The number of rotatable bonds is 5. The SMILES string of the molecule is CC(C)S(=O)(=O)n1c(N)nc2ccc(C(=CC(N)=O)c3ccc(F)cc3)cc21. The van der Waals surface area contributed by atoms with Gasteiger partial charge in [-0.25, -0.2) is 21.8 Å². The van der Waals surface area contributed by atoms with Crippen LogP contribution in [-0.2, 0) is 14.8 Å². The molecule has 0 radical (unpaired) electrons. The molecule has 0 saturated carbocycles. The first kappa shape index (κ1) is 19.6. The van der Waals surface area contributed by atoms with Crippen molar-refractivity contribution in [2.75, 3.05) is 5.73 Å². The molecule has 3 aromatic rings. The minimum Gasteiger partial charge on any atom is -0.368 e. The van der Waals surface area contributed by atoms with Crippen molar-refractivity contribution in [1.82, 2.24) is 8.96 Å². The number of benzene rings is 2. The van der Waals surface area contributed by atoms with E-state index in [1.807, 2.05) is 0 Å². The van der Waals surface area contributed by atoms with Crippen LogP contribution < -0.4 is 11.5 Å². The molecule has 0 aliphatic heterocycles. The maximum absolute atomic E-state index is 13.3. The van der Waals surface area contributed by atoms with E-state index in [0.717, 1.165) is 3.97 Å². The van der Waals surface area contributed by atoms with E-state index >= 15 is 0 Å². The summed E-state index contributed by atoms with van der Waals surface area (Å²) in [5.74, 6) is -1.27. The molecule has 146 valence electrons. The van der Waals surface area contributed by atoms with Crippen LogP contribution in [0.15, 0.2) is 48.5 Å². The van der Waals surface area contributed by atoms with Crippen LogP contribution in [0.25, 0.3) is 16.6 Å². The first-order valence-electron chi connectivity index (χ1n) is 8.41. The molecule has 2 aromatic carbocycles. The highest BCUT2D eigenvalue weighted by molar-refractivity contribution is 7.90. The third-order valence-corrected chi connectivity index (χ3v) is 6.32. The van der Waals surface area contributed by atoms with Crippen molar-refractivity contribution in [2.45, 2.75) is 19.1 Å². The van der Waals surface area contributed by atoms with Gasteiger partial charge in [0.1, 0.15) is 5.82 Å². The highest BCUT2D eigenvalue weighted by Gasteiger charge is 2.24. The summed E-state index contributed by atoms with van der Waals surface area (Å²) in [7, 11) is -3.76. The lowest BCUT2D eigenvalue weighted by molar-refractivity contribution is -0.113. The van der Waals surface area contributed by atoms with Crippen LogP contribution in [0.4, 0.5) is 10.3 Å². The Morgan fingerprint density at radius 2 is 1.75 bits per heavy atom. The molecule has 7 nitrogen and oxygen atoms in total. The molecule has 0 spiro atoms. The fourth-order valence-electron chi connectivity index (χ4n) is 2.82. The number of hydrogen-bond donors (Lipinski definition) is 2. The van der Waals surface area contributed by atoms with Crippen molar-refractivity contribution in [3.05, 3.63) is 65.5 Å². The van der Waals surface area contributed by atoms with Crippen LogP contribution >= 0.6 is 0 Å². The van der Waals surface area contributed by atoms with E-state index in [-0.39, 0.29) is 11.5 Å². The van der Waals surface area contributed by atoms with Crippen LogP contribution in [-0.4, -0.2) is 28.5 Å². The monoisotopic (exact) mass is 402 g/mol. The average Bonchev–Trinajstić information content (AvgIpc) is 2.95. The molecule has 0 saturated heterocycles. The Morgan fingerprint density at radius 1 is 1.14 bits per heavy atom. The van der Waals surface area contributed by atoms with Gasteiger partial charge >= 0.3 is 0 Å². The predicted molar refractivity (Wildman–Crippen MR) is 106 cm³/mol. The van der Waals surface area contributed by atoms with E-state index in [2.05, 4.69) is 4.98 Å². The van der Waals surface area contributed by atoms with Gasteiger partial charge in [0.15, 0.2) is 0 Å². The second kappa shape index (κ2) is 7.08. The number of primary amides is 1. The molecule has 1 amide bonds. The molecule has 3 rings (SSSR count). The molecule has 28 heavy (non-hydrogen) atoms. The summed E-state index contributed by atoms with van der Waals surface area (Å²) in [6.45, 7) is 3.09. The smallest absolute Gasteiger partial charge is 0.244 e. The Labute approximate surface area is 161 Å². The Bertz CT molecular complexity index is 1200. The Kier molecular flexibility index (Phi) is 4.95. The number of nitrogens with two attached hydrogens (primary N) is 2. The first-order valence-corrected chi connectivity index (χ1v) is 9.91. The summed E-state index contributed by atoms with van der Waals surface area (Å²) >= 11 is 0. The van der Waals surface area contributed by atoms with Crippen molar-refractivity contribution in [3.8, 4) is 0 Å². The van der Waals surface area contributed by atoms with Crippen LogP contribution in [0, 0.1) is 5.82 Å². The number of aromatic nitrogens is 2. The zero-order chi connectivity index (χ0) is 20.6. The van der Waals surface area contributed by atoms with Crippen LogP contribution in [0.2, 0.25) is 0 Å². The van der Waals surface area contributed by atoms with Gasteiger partial charge in [0.05, 0.1) is 16.3 Å². The molecule has 0 aliphatic rings. The first-order chi connectivity index (χ1) is 13.1. The summed E-state index contributed by atoms with van der Waals surface area (Å²) < 4.78 is 39.7. The number of nitrogen functional groups attached to an aromatic ring is 1. The van der Waals surface area contributed by atoms with Crippen molar-refractivity contribution < 1.29 is 17.6 Å². The molecule has 0 fully saturated rings. The molecule has 1 aromatic heterocycles. The molecular formula is C19H19FN4O3S. The third-order valence-electron chi connectivity index (χ3n) is 4.24. The molecule has 1 heterocycles. The Hall–Kier alpha value is -3.20. The lowest BCUT2D eigenvalue weighted by Crippen LogP contribution is -2.23. The van der Waals surface area contributed by atoms with Gasteiger partial charge < -0.3 is 11.5 Å². The number of hydrogen-bond acceptors (Lipinski definition) is 5. The lowest BCUT2D eigenvalue weighted by atomic mass is 9.97. The van der Waals surface area contributed by atoms with E-state index in [4.69, 9.17) is 11.5 Å². The maximum Gasteiger partial charge on any atom is 0.244 e. The fraction of sp³-hybridized carbons (Fsp3) is 0.158. The number of nitrogens with zero attached hydrogens (tertiary/aromatic N) is 2. The van der Waals surface area contributed by atoms with Crippen LogP contribution in [0.3, 0.4) is 0 Å². The van der Waals surface area contributed by atoms with Crippen molar-refractivity contribution in [3.63, 3.8) is 0 Å². The minimum atomic E-state index is -3.76. The second-order valence-corrected chi connectivity index (χ2v) is 8.84. The highest BCUT2D eigenvalue weighted by atomic mass is 32.2. The number of anilines is 1. The number of fused-ring (bicyclic) bond motifs is 1. The Morgan fingerprint density at radius 3 is 2.32 bits per heavy atom. The van der Waals surface area contributed by atoms with E-state index in [9.17, 15) is 17.6 Å². The van der Waals surface area contributed by atoms with E-state index in [1.165, 1.54) is 30.3 Å². The summed E-state index contributed by atoms with van der Waals surface area (Å²) in [4.78, 5) is 15.7. The van der Waals surface area contributed by atoms with Crippen molar-refractivity contribution >= 4 is 38.5 Å². The number of imidazole rings is 1. The molecular weight excluding hydrogens is 383 g/mol. The summed E-state index contributed by atoms with van der Waals surface area (Å²) in [6.07, 6.45) is 1.20. The Balaban J connectivity index is 2.27. The second-order valence-electron chi connectivity index (χ2n) is 6.50. The van der Waals surface area contributed by atoms with Gasteiger partial charge in [0, 0.05) is 6.08 Å². The summed E-state index contributed by atoms with van der Waals surface area (Å²) in [5, 5.41) is -0.714. The number of carbonyl (C=O) groups excluding carboxylic acids is 1. The number of carbonyl (C=O) groups is 1. The fourth-order valence-corrected chi connectivity index (χ4v) is 3.97. The average molecular weight is 402 g/mol. The zero-order valence-electron chi connectivity index (χ0n) is 15.3. The number of halogens is 1. The predicted octanol–water partition coefficient (Wildman–Crippen LogP) is 2.26. The summed E-state index contributed by atoms with van der Waals surface area (Å²) in [5.41, 5.74) is 13.3. The molecule has 4 N–H and O–H groups in total. The van der Waals surface area contributed by atoms with Crippen molar-refractivity contribution in [1.29, 1.82) is 0 Å². The van der Waals surface area contributed by atoms with Gasteiger partial charge in [-0.2, -0.15) is 0 Å². The molecule has 0 atom stereocenters. The maximum atomic E-state index is 13.3. The van der Waals surface area contributed by atoms with Gasteiger partial charge in [0.25, 0.3) is 0 Å². The molecule has 0 unspecified atom stereocenters. The van der Waals surface area contributed by atoms with Gasteiger partial charge in [0.2, 0.25) is 21.9 Å².